The average molecular weight is 404 g/mol. The van der Waals surface area contributed by atoms with Crippen LogP contribution < -0.4 is 10.1 Å². The third-order valence-electron chi connectivity index (χ3n) is 6.80. The van der Waals surface area contributed by atoms with Crippen LogP contribution >= 0.6 is 0 Å². The minimum atomic E-state index is -0.181. The lowest BCUT2D eigenvalue weighted by molar-refractivity contribution is 0.0528. The van der Waals surface area contributed by atoms with Gasteiger partial charge < -0.3 is 15.0 Å². The van der Waals surface area contributed by atoms with Gasteiger partial charge in [-0.25, -0.2) is 0 Å². The monoisotopic (exact) mass is 404 g/mol. The standard InChI is InChI=1S/C23H24N4O3/c1-30-16-7-3-6-15-18(16)19-20-17(13-4-2-5-14(13)21(19)25-15)22(28)27(23(20)29)12-26-10-8-24-9-11-26/h3,6-7,24-25H,2,4-5,8-12H2,1H3. The van der Waals surface area contributed by atoms with E-state index in [4.69, 9.17) is 4.74 Å². The number of carbonyl (C=O) groups is 2. The maximum Gasteiger partial charge on any atom is 0.263 e. The number of rotatable bonds is 3. The highest BCUT2D eigenvalue weighted by atomic mass is 16.5. The van der Waals surface area contributed by atoms with Crippen LogP contribution in [0.1, 0.15) is 38.3 Å². The van der Waals surface area contributed by atoms with E-state index in [0.29, 0.717) is 17.8 Å². The van der Waals surface area contributed by atoms with Crippen LogP contribution in [0.2, 0.25) is 0 Å². The van der Waals surface area contributed by atoms with E-state index in [1.54, 1.807) is 7.11 Å². The zero-order valence-electron chi connectivity index (χ0n) is 17.0. The largest absolute Gasteiger partial charge is 0.496 e. The number of nitrogens with zero attached hydrogens (tertiary/aromatic N) is 2. The Kier molecular flexibility index (Phi) is 3.91. The lowest BCUT2D eigenvalue weighted by atomic mass is 9.93. The molecule has 2 N–H and O–H groups in total. The molecule has 154 valence electrons. The Morgan fingerprint density at radius 2 is 1.77 bits per heavy atom. The first-order valence-electron chi connectivity index (χ1n) is 10.6. The van der Waals surface area contributed by atoms with Gasteiger partial charge in [-0.3, -0.25) is 19.4 Å². The molecule has 1 aromatic heterocycles. The first kappa shape index (κ1) is 17.9. The number of H-pyrrole nitrogens is 1. The molecule has 0 saturated carbocycles. The Labute approximate surface area is 174 Å². The van der Waals surface area contributed by atoms with Crippen molar-refractivity contribution in [1.82, 2.24) is 20.1 Å². The maximum atomic E-state index is 13.6. The molecule has 30 heavy (non-hydrogen) atoms. The second-order valence-electron chi connectivity index (χ2n) is 8.37. The third-order valence-corrected chi connectivity index (χ3v) is 6.80. The molecule has 0 atom stereocenters. The van der Waals surface area contributed by atoms with Crippen molar-refractivity contribution < 1.29 is 14.3 Å². The van der Waals surface area contributed by atoms with Gasteiger partial charge >= 0.3 is 0 Å². The number of methoxy groups -OCH3 is 1. The van der Waals surface area contributed by atoms with Gasteiger partial charge in [0.25, 0.3) is 11.8 Å². The zero-order valence-corrected chi connectivity index (χ0v) is 17.0. The van der Waals surface area contributed by atoms with Crippen LogP contribution in [0.3, 0.4) is 0 Å². The van der Waals surface area contributed by atoms with Crippen LogP contribution in [-0.4, -0.2) is 66.6 Å². The molecule has 3 heterocycles. The molecule has 1 fully saturated rings. The molecule has 6 rings (SSSR count). The number of aromatic amines is 1. The van der Waals surface area contributed by atoms with Gasteiger partial charge in [-0.15, -0.1) is 0 Å². The Morgan fingerprint density at radius 1 is 1.00 bits per heavy atom. The molecule has 3 aliphatic rings. The Balaban J connectivity index is 1.60. The Hall–Kier alpha value is -2.90. The van der Waals surface area contributed by atoms with Crippen LogP contribution in [0.5, 0.6) is 5.75 Å². The minimum absolute atomic E-state index is 0.141. The summed E-state index contributed by atoms with van der Waals surface area (Å²) in [7, 11) is 1.64. The van der Waals surface area contributed by atoms with Crippen LogP contribution in [0.15, 0.2) is 18.2 Å². The van der Waals surface area contributed by atoms with E-state index in [0.717, 1.165) is 78.6 Å². The summed E-state index contributed by atoms with van der Waals surface area (Å²) >= 11 is 0. The first-order chi connectivity index (χ1) is 14.7. The van der Waals surface area contributed by atoms with Crippen molar-refractivity contribution in [2.75, 3.05) is 40.0 Å². The second-order valence-corrected chi connectivity index (χ2v) is 8.37. The molecule has 0 unspecified atom stereocenters. The van der Waals surface area contributed by atoms with Gasteiger partial charge in [0.05, 0.1) is 41.3 Å². The normalized spacial score (nSPS) is 19.2. The predicted molar refractivity (Wildman–Crippen MR) is 114 cm³/mol. The van der Waals surface area contributed by atoms with Crippen molar-refractivity contribution in [3.8, 4) is 5.75 Å². The number of carbonyl (C=O) groups excluding carboxylic acids is 2. The van der Waals surface area contributed by atoms with Crippen molar-refractivity contribution in [2.45, 2.75) is 19.3 Å². The molecule has 7 nitrogen and oxygen atoms in total. The SMILES string of the molecule is COc1cccc2[nH]c3c4c(c5c(c3c12)C(=O)N(CN1CCNCC1)C5=O)CCC4. The summed E-state index contributed by atoms with van der Waals surface area (Å²) in [6.07, 6.45) is 2.78. The van der Waals surface area contributed by atoms with Crippen molar-refractivity contribution in [2.24, 2.45) is 0 Å². The van der Waals surface area contributed by atoms with E-state index in [-0.39, 0.29) is 11.8 Å². The molecule has 7 heteroatoms. The molecule has 0 spiro atoms. The number of amides is 2. The van der Waals surface area contributed by atoms with Gasteiger partial charge in [0.2, 0.25) is 0 Å². The van der Waals surface area contributed by atoms with Gasteiger partial charge in [0.15, 0.2) is 0 Å². The highest BCUT2D eigenvalue weighted by Crippen LogP contribution is 2.45. The van der Waals surface area contributed by atoms with Gasteiger partial charge in [-0.2, -0.15) is 0 Å². The number of imide groups is 1. The molecular formula is C23H24N4O3. The molecule has 0 radical (unpaired) electrons. The molecule has 2 amide bonds. The summed E-state index contributed by atoms with van der Waals surface area (Å²) in [6.45, 7) is 3.78. The van der Waals surface area contributed by atoms with Gasteiger partial charge in [0, 0.05) is 31.6 Å². The molecule has 1 aliphatic carbocycles. The number of hydrogen-bond donors (Lipinski definition) is 2. The topological polar surface area (TPSA) is 77.7 Å². The highest BCUT2D eigenvalue weighted by Gasteiger charge is 2.43. The maximum absolute atomic E-state index is 13.6. The quantitative estimate of drug-likeness (QED) is 0.655. The number of aryl methyl sites for hydroxylation is 1. The van der Waals surface area contributed by atoms with Gasteiger partial charge in [-0.05, 0) is 42.5 Å². The molecular weight excluding hydrogens is 380 g/mol. The van der Waals surface area contributed by atoms with Crippen LogP contribution in [0.25, 0.3) is 21.8 Å². The number of benzene rings is 2. The highest BCUT2D eigenvalue weighted by molar-refractivity contribution is 6.31. The second kappa shape index (κ2) is 6.55. The summed E-state index contributed by atoms with van der Waals surface area (Å²) < 4.78 is 5.64. The number of hydrogen-bond acceptors (Lipinski definition) is 5. The molecule has 2 aliphatic heterocycles. The Bertz CT molecular complexity index is 1220. The number of fused-ring (bicyclic) bond motifs is 8. The van der Waals surface area contributed by atoms with Crippen LogP contribution in [-0.2, 0) is 12.8 Å². The van der Waals surface area contributed by atoms with Gasteiger partial charge in [-0.1, -0.05) is 6.07 Å². The van der Waals surface area contributed by atoms with Crippen LogP contribution in [0.4, 0.5) is 0 Å². The summed E-state index contributed by atoms with van der Waals surface area (Å²) in [5.41, 5.74) is 5.36. The molecule has 2 aromatic carbocycles. The van der Waals surface area contributed by atoms with Gasteiger partial charge in [0.1, 0.15) is 5.75 Å². The smallest absolute Gasteiger partial charge is 0.263 e. The van der Waals surface area contributed by atoms with Crippen LogP contribution in [0, 0.1) is 0 Å². The molecule has 1 saturated heterocycles. The Morgan fingerprint density at radius 3 is 2.57 bits per heavy atom. The van der Waals surface area contributed by atoms with Crippen molar-refractivity contribution in [3.63, 3.8) is 0 Å². The predicted octanol–water partition coefficient (Wildman–Crippen LogP) is 2.28. The van der Waals surface area contributed by atoms with E-state index >= 15 is 0 Å². The van der Waals surface area contributed by atoms with Crippen molar-refractivity contribution in [3.05, 3.63) is 40.5 Å². The zero-order chi connectivity index (χ0) is 20.4. The van der Waals surface area contributed by atoms with Crippen molar-refractivity contribution >= 4 is 33.6 Å². The summed E-state index contributed by atoms with van der Waals surface area (Å²) in [6, 6.07) is 5.86. The molecule has 3 aromatic rings. The summed E-state index contributed by atoms with van der Waals surface area (Å²) in [5.74, 6) is 0.401. The fraction of sp³-hybridized carbons (Fsp3) is 0.391. The third kappa shape index (κ3) is 2.33. The van der Waals surface area contributed by atoms with Crippen molar-refractivity contribution in [1.29, 1.82) is 0 Å². The minimum Gasteiger partial charge on any atom is -0.496 e. The molecule has 0 bridgehead atoms. The fourth-order valence-corrected chi connectivity index (χ4v) is 5.43. The van der Waals surface area contributed by atoms with E-state index in [1.807, 2.05) is 18.2 Å². The first-order valence-corrected chi connectivity index (χ1v) is 10.6. The average Bonchev–Trinajstić information content (AvgIpc) is 3.45. The number of ether oxygens (including phenoxy) is 1. The van der Waals surface area contributed by atoms with E-state index < -0.39 is 0 Å². The lowest BCUT2D eigenvalue weighted by Gasteiger charge is -2.30. The lowest BCUT2D eigenvalue weighted by Crippen LogP contribution is -2.49. The summed E-state index contributed by atoms with van der Waals surface area (Å²) in [4.78, 5) is 34.3. The number of aromatic nitrogens is 1. The number of piperazine rings is 1. The van der Waals surface area contributed by atoms with E-state index in [2.05, 4.69) is 15.2 Å². The van der Waals surface area contributed by atoms with E-state index in [1.165, 1.54) is 10.5 Å². The summed E-state index contributed by atoms with van der Waals surface area (Å²) in [5, 5.41) is 5.06. The van der Waals surface area contributed by atoms with E-state index in [9.17, 15) is 9.59 Å². The fourth-order valence-electron chi connectivity index (χ4n) is 5.43. The number of nitrogens with one attached hydrogen (secondary N) is 2.